The first-order valence-electron chi connectivity index (χ1n) is 4.23. The third-order valence-electron chi connectivity index (χ3n) is 2.19. The lowest BCUT2D eigenvalue weighted by molar-refractivity contribution is 1.46. The number of hydrogen-bond donors (Lipinski definition) is 1. The number of rotatable bonds is 2. The molecular formula is C11H9BrClN. The number of hydrogen-bond acceptors (Lipinski definition) is 0. The van der Waals surface area contributed by atoms with Gasteiger partial charge in [-0.1, -0.05) is 40.2 Å². The van der Waals surface area contributed by atoms with E-state index >= 15 is 0 Å². The predicted octanol–water partition coefficient (Wildman–Crippen LogP) is 4.23. The zero-order valence-corrected chi connectivity index (χ0v) is 9.82. The zero-order chi connectivity index (χ0) is 10.1. The number of fused-ring (bicyclic) bond motifs is 1. The summed E-state index contributed by atoms with van der Waals surface area (Å²) in [5, 5.41) is 2.69. The van der Waals surface area contributed by atoms with E-state index < -0.39 is 0 Å². The Morgan fingerprint density at radius 3 is 3.00 bits per heavy atom. The summed E-state index contributed by atoms with van der Waals surface area (Å²) >= 11 is 9.29. The van der Waals surface area contributed by atoms with Crippen molar-refractivity contribution in [3.05, 3.63) is 41.6 Å². The molecule has 0 spiro atoms. The number of aromatic amines is 1. The van der Waals surface area contributed by atoms with Crippen molar-refractivity contribution in [3.63, 3.8) is 0 Å². The van der Waals surface area contributed by atoms with Crippen LogP contribution in [0.25, 0.3) is 16.5 Å². The van der Waals surface area contributed by atoms with Crippen LogP contribution in [0.3, 0.4) is 0 Å². The highest BCUT2D eigenvalue weighted by molar-refractivity contribution is 9.09. The quantitative estimate of drug-likeness (QED) is 0.786. The lowest BCUT2D eigenvalue weighted by Gasteiger charge is -1.98. The minimum absolute atomic E-state index is 0.746. The number of H-pyrrole nitrogens is 1. The number of aromatic nitrogens is 1. The van der Waals surface area contributed by atoms with Gasteiger partial charge < -0.3 is 4.98 Å². The molecule has 0 aliphatic rings. The molecule has 0 aliphatic carbocycles. The molecule has 1 aromatic carbocycles. The van der Waals surface area contributed by atoms with Gasteiger partial charge in [0.15, 0.2) is 0 Å². The molecule has 0 amide bonds. The van der Waals surface area contributed by atoms with E-state index in [1.807, 2.05) is 24.4 Å². The van der Waals surface area contributed by atoms with Gasteiger partial charge >= 0.3 is 0 Å². The fraction of sp³-hybridized carbons (Fsp3) is 0.0909. The highest BCUT2D eigenvalue weighted by Crippen LogP contribution is 2.26. The maximum Gasteiger partial charge on any atom is 0.0475 e. The van der Waals surface area contributed by atoms with Crippen LogP contribution in [-0.4, -0.2) is 10.3 Å². The van der Waals surface area contributed by atoms with Crippen LogP contribution in [-0.2, 0) is 0 Å². The summed E-state index contributed by atoms with van der Waals surface area (Å²) in [4.78, 5) is 3.18. The summed E-state index contributed by atoms with van der Waals surface area (Å²) in [7, 11) is 0. The van der Waals surface area contributed by atoms with E-state index in [0.29, 0.717) is 0 Å². The minimum atomic E-state index is 0.746. The maximum atomic E-state index is 5.89. The normalized spacial score (nSPS) is 10.7. The van der Waals surface area contributed by atoms with E-state index in [2.05, 4.69) is 27.5 Å². The van der Waals surface area contributed by atoms with Gasteiger partial charge in [0.2, 0.25) is 0 Å². The molecule has 2 aromatic rings. The molecule has 0 atom stereocenters. The molecule has 3 heteroatoms. The lowest BCUT2D eigenvalue weighted by Crippen LogP contribution is -1.80. The van der Waals surface area contributed by atoms with Crippen LogP contribution in [0.2, 0.25) is 5.02 Å². The first kappa shape index (κ1) is 9.81. The number of nitrogens with one attached hydrogen (secondary N) is 1. The highest BCUT2D eigenvalue weighted by atomic mass is 79.9. The molecule has 1 heterocycles. The lowest BCUT2D eigenvalue weighted by atomic mass is 10.1. The molecule has 72 valence electrons. The van der Waals surface area contributed by atoms with Crippen LogP contribution in [0.1, 0.15) is 5.56 Å². The summed E-state index contributed by atoms with van der Waals surface area (Å²) in [6.07, 6.45) is 1.96. The van der Waals surface area contributed by atoms with E-state index in [9.17, 15) is 0 Å². The number of benzene rings is 1. The summed E-state index contributed by atoms with van der Waals surface area (Å²) < 4.78 is 0. The third kappa shape index (κ3) is 1.60. The summed E-state index contributed by atoms with van der Waals surface area (Å²) in [6, 6.07) is 5.82. The Morgan fingerprint density at radius 2 is 2.29 bits per heavy atom. The molecule has 0 saturated carbocycles. The molecule has 0 aliphatic heterocycles. The number of halogens is 2. The van der Waals surface area contributed by atoms with E-state index in [-0.39, 0.29) is 0 Å². The first-order valence-corrected chi connectivity index (χ1v) is 5.73. The average molecular weight is 271 g/mol. The Balaban J connectivity index is 2.64. The van der Waals surface area contributed by atoms with Crippen molar-refractivity contribution in [3.8, 4) is 0 Å². The average Bonchev–Trinajstić information content (AvgIpc) is 2.59. The SMILES string of the molecule is C=C(CBr)c1c[nH]c2cc(Cl)ccc12. The molecule has 0 radical (unpaired) electrons. The van der Waals surface area contributed by atoms with Crippen molar-refractivity contribution in [1.29, 1.82) is 0 Å². The predicted molar refractivity (Wildman–Crippen MR) is 66.1 cm³/mol. The highest BCUT2D eigenvalue weighted by Gasteiger charge is 2.05. The van der Waals surface area contributed by atoms with Gasteiger partial charge in [-0.05, 0) is 17.7 Å². The van der Waals surface area contributed by atoms with Crippen LogP contribution in [0.4, 0.5) is 0 Å². The van der Waals surface area contributed by atoms with E-state index in [1.54, 1.807) is 0 Å². The Bertz CT molecular complexity index is 487. The van der Waals surface area contributed by atoms with Crippen molar-refractivity contribution < 1.29 is 0 Å². The van der Waals surface area contributed by atoms with Crippen molar-refractivity contribution in [1.82, 2.24) is 4.98 Å². The van der Waals surface area contributed by atoms with Crippen LogP contribution in [0, 0.1) is 0 Å². The van der Waals surface area contributed by atoms with Crippen molar-refractivity contribution >= 4 is 44.0 Å². The first-order chi connectivity index (χ1) is 6.72. The van der Waals surface area contributed by atoms with Crippen molar-refractivity contribution in [2.24, 2.45) is 0 Å². The van der Waals surface area contributed by atoms with Crippen LogP contribution < -0.4 is 0 Å². The Hall–Kier alpha value is -0.730. The largest absolute Gasteiger partial charge is 0.361 e. The van der Waals surface area contributed by atoms with Gasteiger partial charge in [0.25, 0.3) is 0 Å². The molecule has 1 nitrogen and oxygen atoms in total. The van der Waals surface area contributed by atoms with Crippen molar-refractivity contribution in [2.45, 2.75) is 0 Å². The zero-order valence-electron chi connectivity index (χ0n) is 7.48. The smallest absolute Gasteiger partial charge is 0.0475 e. The fourth-order valence-electron chi connectivity index (χ4n) is 1.46. The molecule has 1 N–H and O–H groups in total. The van der Waals surface area contributed by atoms with E-state index in [0.717, 1.165) is 27.0 Å². The summed E-state index contributed by atoms with van der Waals surface area (Å²) in [5.41, 5.74) is 3.27. The van der Waals surface area contributed by atoms with Crippen LogP contribution in [0.15, 0.2) is 31.0 Å². The monoisotopic (exact) mass is 269 g/mol. The van der Waals surface area contributed by atoms with E-state index in [4.69, 9.17) is 11.6 Å². The summed E-state index contributed by atoms with van der Waals surface area (Å²) in [6.45, 7) is 3.99. The van der Waals surface area contributed by atoms with Crippen LogP contribution in [0.5, 0.6) is 0 Å². The van der Waals surface area contributed by atoms with Gasteiger partial charge in [0.1, 0.15) is 0 Å². The second-order valence-corrected chi connectivity index (χ2v) is 4.13. The van der Waals surface area contributed by atoms with Gasteiger partial charge in [0.05, 0.1) is 0 Å². The van der Waals surface area contributed by atoms with Gasteiger partial charge in [0, 0.05) is 33.0 Å². The van der Waals surface area contributed by atoms with Gasteiger partial charge in [-0.2, -0.15) is 0 Å². The molecule has 0 saturated heterocycles. The Labute approximate surface area is 95.9 Å². The molecule has 2 rings (SSSR count). The second-order valence-electron chi connectivity index (χ2n) is 3.13. The van der Waals surface area contributed by atoms with Gasteiger partial charge in [-0.15, -0.1) is 0 Å². The van der Waals surface area contributed by atoms with E-state index in [1.165, 1.54) is 5.39 Å². The molecular weight excluding hydrogens is 261 g/mol. The van der Waals surface area contributed by atoms with Gasteiger partial charge in [-0.25, -0.2) is 0 Å². The fourth-order valence-corrected chi connectivity index (χ4v) is 1.94. The summed E-state index contributed by atoms with van der Waals surface area (Å²) in [5.74, 6) is 0. The Morgan fingerprint density at radius 1 is 1.50 bits per heavy atom. The Kier molecular flexibility index (Phi) is 2.66. The molecule has 1 aromatic heterocycles. The van der Waals surface area contributed by atoms with Crippen molar-refractivity contribution in [2.75, 3.05) is 5.33 Å². The number of allylic oxidation sites excluding steroid dienone is 1. The third-order valence-corrected chi connectivity index (χ3v) is 3.10. The molecule has 0 unspecified atom stereocenters. The van der Waals surface area contributed by atoms with Gasteiger partial charge in [-0.3, -0.25) is 0 Å². The number of alkyl halides is 1. The molecule has 14 heavy (non-hydrogen) atoms. The topological polar surface area (TPSA) is 15.8 Å². The second kappa shape index (κ2) is 3.79. The molecule has 0 bridgehead atoms. The van der Waals surface area contributed by atoms with Crippen LogP contribution >= 0.6 is 27.5 Å². The molecule has 0 fully saturated rings. The standard InChI is InChI=1S/C11H9BrClN/c1-7(5-12)10-6-14-11-4-8(13)2-3-9(10)11/h2-4,6,14H,1,5H2. The maximum absolute atomic E-state index is 5.89. The minimum Gasteiger partial charge on any atom is -0.361 e.